The smallest absolute Gasteiger partial charge is 0.428 e. The van der Waals surface area contributed by atoms with E-state index in [1.807, 2.05) is 0 Å². The number of rotatable bonds is 2. The third kappa shape index (κ3) is 5.09. The number of carbonyl (C=O) groups excluding carboxylic acids is 1. The molecule has 86 valence electrons. The Balaban J connectivity index is 2.41. The zero-order valence-corrected chi connectivity index (χ0v) is 9.60. The first-order valence-electron chi connectivity index (χ1n) is 4.89. The van der Waals surface area contributed by atoms with Crippen LogP contribution in [0.3, 0.4) is 0 Å². The molecule has 1 N–H and O–H groups in total. The van der Waals surface area contributed by atoms with E-state index < -0.39 is 11.7 Å². The molecule has 5 nitrogen and oxygen atoms in total. The summed E-state index contributed by atoms with van der Waals surface area (Å²) in [6.45, 7) is 5.37. The Morgan fingerprint density at radius 2 is 2.06 bits per heavy atom. The summed E-state index contributed by atoms with van der Waals surface area (Å²) in [7, 11) is 0. The van der Waals surface area contributed by atoms with Crippen LogP contribution in [-0.4, -0.2) is 22.9 Å². The lowest BCUT2D eigenvalue weighted by Crippen LogP contribution is -2.29. The molecule has 0 bridgehead atoms. The Bertz CT molecular complexity index is 369. The summed E-state index contributed by atoms with van der Waals surface area (Å²) in [4.78, 5) is 15.1. The Morgan fingerprint density at radius 1 is 1.44 bits per heavy atom. The predicted molar refractivity (Wildman–Crippen MR) is 61.2 cm³/mol. The number of carbonyl (C=O) groups is 1. The van der Waals surface area contributed by atoms with Crippen molar-refractivity contribution < 1.29 is 9.53 Å². The number of aromatic nitrogens is 1. The topological polar surface area (TPSA) is 63.6 Å². The summed E-state index contributed by atoms with van der Waals surface area (Å²) in [5.74, 6) is 0. The van der Waals surface area contributed by atoms with Gasteiger partial charge in [-0.05, 0) is 38.5 Å². The maximum Gasteiger partial charge on any atom is 0.428 e. The van der Waals surface area contributed by atoms with Crippen molar-refractivity contribution in [2.24, 2.45) is 5.10 Å². The monoisotopic (exact) mass is 221 g/mol. The number of nitrogens with one attached hydrogen (secondary N) is 1. The second kappa shape index (κ2) is 5.25. The van der Waals surface area contributed by atoms with Crippen molar-refractivity contribution in [3.05, 3.63) is 30.1 Å². The van der Waals surface area contributed by atoms with Gasteiger partial charge in [-0.3, -0.25) is 4.98 Å². The zero-order chi connectivity index (χ0) is 12.0. The maximum atomic E-state index is 11.2. The van der Waals surface area contributed by atoms with Gasteiger partial charge in [-0.15, -0.1) is 0 Å². The van der Waals surface area contributed by atoms with Crippen LogP contribution in [0, 0.1) is 0 Å². The van der Waals surface area contributed by atoms with Gasteiger partial charge in [0.05, 0.1) is 6.21 Å². The van der Waals surface area contributed by atoms with E-state index in [9.17, 15) is 4.79 Å². The molecule has 16 heavy (non-hydrogen) atoms. The van der Waals surface area contributed by atoms with E-state index in [1.54, 1.807) is 45.3 Å². The first kappa shape index (κ1) is 12.2. The number of amides is 1. The van der Waals surface area contributed by atoms with Crippen molar-refractivity contribution in [1.29, 1.82) is 0 Å². The number of hydrazone groups is 1. The van der Waals surface area contributed by atoms with Crippen LogP contribution in [0.25, 0.3) is 0 Å². The third-order valence-electron chi connectivity index (χ3n) is 1.47. The average Bonchev–Trinajstić information content (AvgIpc) is 2.16. The lowest BCUT2D eigenvalue weighted by Gasteiger charge is -2.18. The average molecular weight is 221 g/mol. The summed E-state index contributed by atoms with van der Waals surface area (Å²) in [6, 6.07) is 3.56. The molecule has 0 aliphatic heterocycles. The summed E-state index contributed by atoms with van der Waals surface area (Å²) >= 11 is 0. The molecule has 0 unspecified atom stereocenters. The SMILES string of the molecule is CC(C)(C)OC(=O)N/N=C\c1ccncc1. The van der Waals surface area contributed by atoms with Crippen LogP contribution < -0.4 is 5.43 Å². The van der Waals surface area contributed by atoms with E-state index >= 15 is 0 Å². The molecule has 1 amide bonds. The van der Waals surface area contributed by atoms with Gasteiger partial charge in [0.25, 0.3) is 0 Å². The molecule has 0 atom stereocenters. The summed E-state index contributed by atoms with van der Waals surface area (Å²) in [6.07, 6.45) is 4.24. The van der Waals surface area contributed by atoms with Crippen molar-refractivity contribution in [2.75, 3.05) is 0 Å². The quantitative estimate of drug-likeness (QED) is 0.613. The van der Waals surface area contributed by atoms with Gasteiger partial charge in [-0.1, -0.05) is 0 Å². The van der Waals surface area contributed by atoms with Crippen LogP contribution in [-0.2, 0) is 4.74 Å². The molecule has 0 aliphatic rings. The molecule has 0 aliphatic carbocycles. The fourth-order valence-corrected chi connectivity index (χ4v) is 0.910. The largest absolute Gasteiger partial charge is 0.443 e. The second-order valence-corrected chi connectivity index (χ2v) is 4.15. The first-order valence-corrected chi connectivity index (χ1v) is 4.89. The highest BCUT2D eigenvalue weighted by Gasteiger charge is 2.15. The number of ether oxygens (including phenoxy) is 1. The second-order valence-electron chi connectivity index (χ2n) is 4.15. The van der Waals surface area contributed by atoms with Crippen molar-refractivity contribution in [1.82, 2.24) is 10.4 Å². The molecule has 0 fully saturated rings. The molecule has 0 spiro atoms. The van der Waals surface area contributed by atoms with E-state index in [0.717, 1.165) is 5.56 Å². The zero-order valence-electron chi connectivity index (χ0n) is 9.60. The minimum absolute atomic E-state index is 0.518. The maximum absolute atomic E-state index is 11.2. The van der Waals surface area contributed by atoms with Crippen LogP contribution in [0.15, 0.2) is 29.6 Å². The van der Waals surface area contributed by atoms with E-state index in [2.05, 4.69) is 15.5 Å². The number of hydrogen-bond acceptors (Lipinski definition) is 4. The summed E-state index contributed by atoms with van der Waals surface area (Å²) in [5, 5.41) is 3.75. The van der Waals surface area contributed by atoms with E-state index in [1.165, 1.54) is 6.21 Å². The van der Waals surface area contributed by atoms with Crippen molar-refractivity contribution in [2.45, 2.75) is 26.4 Å². The first-order chi connectivity index (χ1) is 7.47. The highest BCUT2D eigenvalue weighted by molar-refractivity contribution is 5.80. The Hall–Kier alpha value is -1.91. The van der Waals surface area contributed by atoms with E-state index in [0.29, 0.717) is 0 Å². The Labute approximate surface area is 94.5 Å². The molecule has 0 saturated carbocycles. The van der Waals surface area contributed by atoms with Gasteiger partial charge < -0.3 is 4.74 Å². The molecule has 5 heteroatoms. The lowest BCUT2D eigenvalue weighted by atomic mass is 10.2. The highest BCUT2D eigenvalue weighted by atomic mass is 16.6. The van der Waals surface area contributed by atoms with E-state index in [-0.39, 0.29) is 0 Å². The van der Waals surface area contributed by atoms with Gasteiger partial charge in [-0.25, -0.2) is 10.2 Å². The number of nitrogens with zero attached hydrogens (tertiary/aromatic N) is 2. The van der Waals surface area contributed by atoms with Crippen LogP contribution in [0.5, 0.6) is 0 Å². The van der Waals surface area contributed by atoms with Crippen molar-refractivity contribution in [3.63, 3.8) is 0 Å². The van der Waals surface area contributed by atoms with Crippen LogP contribution in [0.4, 0.5) is 4.79 Å². The van der Waals surface area contributed by atoms with Crippen molar-refractivity contribution >= 4 is 12.3 Å². The van der Waals surface area contributed by atoms with Gasteiger partial charge in [0.15, 0.2) is 0 Å². The van der Waals surface area contributed by atoms with Crippen molar-refractivity contribution in [3.8, 4) is 0 Å². The van der Waals surface area contributed by atoms with Gasteiger partial charge in [0.2, 0.25) is 0 Å². The molecule has 0 radical (unpaired) electrons. The summed E-state index contributed by atoms with van der Waals surface area (Å²) in [5.41, 5.74) is 2.61. The lowest BCUT2D eigenvalue weighted by molar-refractivity contribution is 0.0529. The summed E-state index contributed by atoms with van der Waals surface area (Å²) < 4.78 is 5.00. The van der Waals surface area contributed by atoms with Crippen LogP contribution in [0.1, 0.15) is 26.3 Å². The molecule has 1 heterocycles. The fourth-order valence-electron chi connectivity index (χ4n) is 0.910. The molecule has 1 aromatic heterocycles. The molecule has 0 saturated heterocycles. The molecular formula is C11H15N3O2. The number of hydrogen-bond donors (Lipinski definition) is 1. The normalized spacial score (nSPS) is 11.4. The van der Waals surface area contributed by atoms with Gasteiger partial charge in [-0.2, -0.15) is 5.10 Å². The Kier molecular flexibility index (Phi) is 3.99. The Morgan fingerprint density at radius 3 is 2.62 bits per heavy atom. The van der Waals surface area contributed by atoms with Crippen LogP contribution >= 0.6 is 0 Å². The predicted octanol–water partition coefficient (Wildman–Crippen LogP) is 1.94. The van der Waals surface area contributed by atoms with Crippen LogP contribution in [0.2, 0.25) is 0 Å². The minimum Gasteiger partial charge on any atom is -0.443 e. The highest BCUT2D eigenvalue weighted by Crippen LogP contribution is 2.06. The minimum atomic E-state index is -0.571. The van der Waals surface area contributed by atoms with E-state index in [4.69, 9.17) is 4.74 Å². The molecular weight excluding hydrogens is 206 g/mol. The molecule has 1 rings (SSSR count). The molecule has 1 aromatic rings. The van der Waals surface area contributed by atoms with Gasteiger partial charge in [0, 0.05) is 12.4 Å². The standard InChI is InChI=1S/C11H15N3O2/c1-11(2,3)16-10(15)14-13-8-9-4-6-12-7-5-9/h4-8H,1-3H3,(H,14,15)/b13-8-. The van der Waals surface area contributed by atoms with Gasteiger partial charge in [0.1, 0.15) is 5.60 Å². The number of pyridine rings is 1. The fraction of sp³-hybridized carbons (Fsp3) is 0.364. The van der Waals surface area contributed by atoms with Gasteiger partial charge >= 0.3 is 6.09 Å². The molecule has 0 aromatic carbocycles. The third-order valence-corrected chi connectivity index (χ3v) is 1.47.